The van der Waals surface area contributed by atoms with Crippen LogP contribution in [-0.2, 0) is 19.4 Å². The van der Waals surface area contributed by atoms with Gasteiger partial charge in [-0.15, -0.1) is 0 Å². The Balaban J connectivity index is 1.43. The third kappa shape index (κ3) is 3.10. The molecule has 1 amide bonds. The molecule has 4 heterocycles. The summed E-state index contributed by atoms with van der Waals surface area (Å²) in [4.78, 5) is 19.5. The minimum absolute atomic E-state index is 0.0366. The topological polar surface area (TPSA) is 66.3 Å². The summed E-state index contributed by atoms with van der Waals surface area (Å²) in [5.41, 5.74) is 7.95. The molecule has 1 aliphatic heterocycles. The number of pyridine rings is 1. The average Bonchev–Trinajstić information content (AvgIpc) is 3.36. The van der Waals surface area contributed by atoms with Crippen LogP contribution in [-0.4, -0.2) is 36.9 Å². The maximum absolute atomic E-state index is 13.1. The van der Waals surface area contributed by atoms with Crippen LogP contribution in [0.2, 0.25) is 0 Å². The quantitative estimate of drug-likeness (QED) is 0.583. The third-order valence-electron chi connectivity index (χ3n) is 5.67. The summed E-state index contributed by atoms with van der Waals surface area (Å²) >= 11 is 0. The van der Waals surface area contributed by atoms with Crippen LogP contribution in [0.1, 0.15) is 39.8 Å². The van der Waals surface area contributed by atoms with Crippen molar-refractivity contribution in [3.05, 3.63) is 76.9 Å². The minimum Gasteiger partial charge on any atom is -0.332 e. The van der Waals surface area contributed by atoms with Gasteiger partial charge in [0.05, 0.1) is 12.2 Å². The number of rotatable bonds is 3. The van der Waals surface area contributed by atoms with Crippen molar-refractivity contribution in [2.75, 3.05) is 6.54 Å². The lowest BCUT2D eigenvalue weighted by molar-refractivity contribution is 0.0729. The van der Waals surface area contributed by atoms with E-state index in [1.54, 1.807) is 0 Å². The van der Waals surface area contributed by atoms with Crippen LogP contribution in [0.5, 0.6) is 0 Å². The number of fused-ring (bicyclic) bond motifs is 2. The second-order valence-corrected chi connectivity index (χ2v) is 7.65. The molecule has 6 nitrogen and oxygen atoms in total. The molecule has 29 heavy (non-hydrogen) atoms. The number of hydrogen-bond acceptors (Lipinski definition) is 3. The number of H-pyrrole nitrogens is 1. The van der Waals surface area contributed by atoms with E-state index in [-0.39, 0.29) is 5.91 Å². The van der Waals surface area contributed by atoms with Crippen LogP contribution in [0.4, 0.5) is 0 Å². The summed E-state index contributed by atoms with van der Waals surface area (Å²) in [7, 11) is 0. The largest absolute Gasteiger partial charge is 0.332 e. The Morgan fingerprint density at radius 1 is 1.14 bits per heavy atom. The van der Waals surface area contributed by atoms with E-state index >= 15 is 0 Å². The number of carbonyl (C=O) groups is 1. The monoisotopic (exact) mass is 385 g/mol. The number of aromatic amines is 1. The van der Waals surface area contributed by atoms with E-state index in [9.17, 15) is 4.79 Å². The molecule has 6 heteroatoms. The van der Waals surface area contributed by atoms with Crippen molar-refractivity contribution in [2.45, 2.75) is 33.2 Å². The van der Waals surface area contributed by atoms with Gasteiger partial charge in [0.25, 0.3) is 5.91 Å². The number of nitrogens with zero attached hydrogens (tertiary/aromatic N) is 4. The molecule has 0 bridgehead atoms. The molecule has 1 aromatic carbocycles. The molecule has 1 aliphatic rings. The van der Waals surface area contributed by atoms with Gasteiger partial charge < -0.3 is 9.30 Å². The van der Waals surface area contributed by atoms with Gasteiger partial charge in [0, 0.05) is 42.2 Å². The van der Waals surface area contributed by atoms with E-state index in [1.807, 2.05) is 40.8 Å². The maximum atomic E-state index is 13.1. The fraction of sp³-hybridized carbons (Fsp3) is 0.261. The zero-order valence-electron chi connectivity index (χ0n) is 16.6. The number of aryl methyl sites for hydroxylation is 2. The number of carbonyl (C=O) groups excluding carboxylic acids is 1. The Labute approximate surface area is 169 Å². The lowest BCUT2D eigenvalue weighted by atomic mass is 9.99. The lowest BCUT2D eigenvalue weighted by Crippen LogP contribution is -2.36. The fourth-order valence-corrected chi connectivity index (χ4v) is 3.97. The minimum atomic E-state index is -0.0366. The van der Waals surface area contributed by atoms with E-state index in [0.717, 1.165) is 46.6 Å². The van der Waals surface area contributed by atoms with Gasteiger partial charge in [0.2, 0.25) is 0 Å². The molecule has 0 atom stereocenters. The molecular weight excluding hydrogens is 362 g/mol. The first-order valence-electron chi connectivity index (χ1n) is 10.0. The first-order chi connectivity index (χ1) is 14.1. The van der Waals surface area contributed by atoms with Crippen molar-refractivity contribution in [3.8, 4) is 11.3 Å². The third-order valence-corrected chi connectivity index (χ3v) is 5.67. The summed E-state index contributed by atoms with van der Waals surface area (Å²) in [5, 5.41) is 7.72. The summed E-state index contributed by atoms with van der Waals surface area (Å²) in [5.74, 6) is -0.0366. The molecule has 0 spiro atoms. The summed E-state index contributed by atoms with van der Waals surface area (Å²) < 4.78 is 1.91. The normalized spacial score (nSPS) is 13.7. The maximum Gasteiger partial charge on any atom is 0.274 e. The SMILES string of the molecule is CCc1ccc(-c2n[nH]c3c2CN(C(=O)c2cn4cc(C)ccc4n2)CC3)cc1. The Kier molecular flexibility index (Phi) is 4.19. The standard InChI is InChI=1S/C23H23N5O/c1-3-16-5-7-17(8-6-16)22-18-13-27(11-10-19(18)25-26-22)23(29)20-14-28-12-15(2)4-9-21(28)24-20/h4-9,12,14H,3,10-11,13H2,1-2H3,(H,25,26). The van der Waals surface area contributed by atoms with E-state index in [4.69, 9.17) is 0 Å². The predicted octanol–water partition coefficient (Wildman–Crippen LogP) is 3.79. The smallest absolute Gasteiger partial charge is 0.274 e. The highest BCUT2D eigenvalue weighted by Crippen LogP contribution is 2.29. The summed E-state index contributed by atoms with van der Waals surface area (Å²) in [6.45, 7) is 5.38. The van der Waals surface area contributed by atoms with Crippen molar-refractivity contribution in [1.29, 1.82) is 0 Å². The van der Waals surface area contributed by atoms with Gasteiger partial charge in [0.1, 0.15) is 11.3 Å². The molecule has 146 valence electrons. The predicted molar refractivity (Wildman–Crippen MR) is 112 cm³/mol. The Morgan fingerprint density at radius 2 is 1.97 bits per heavy atom. The molecule has 1 N–H and O–H groups in total. The second kappa shape index (κ2) is 6.88. The van der Waals surface area contributed by atoms with Crippen LogP contribution >= 0.6 is 0 Å². The fourth-order valence-electron chi connectivity index (χ4n) is 3.97. The van der Waals surface area contributed by atoms with Crippen LogP contribution in [0, 0.1) is 6.92 Å². The van der Waals surface area contributed by atoms with E-state index in [0.29, 0.717) is 18.8 Å². The molecule has 0 saturated carbocycles. The number of benzene rings is 1. The number of hydrogen-bond donors (Lipinski definition) is 1. The number of imidazole rings is 1. The van der Waals surface area contributed by atoms with Gasteiger partial charge in [-0.25, -0.2) is 4.98 Å². The van der Waals surface area contributed by atoms with E-state index in [1.165, 1.54) is 5.56 Å². The van der Waals surface area contributed by atoms with Crippen LogP contribution < -0.4 is 0 Å². The van der Waals surface area contributed by atoms with Crippen molar-refractivity contribution >= 4 is 11.6 Å². The van der Waals surface area contributed by atoms with Crippen molar-refractivity contribution in [3.63, 3.8) is 0 Å². The molecule has 0 fully saturated rings. The lowest BCUT2D eigenvalue weighted by Gasteiger charge is -2.26. The highest BCUT2D eigenvalue weighted by Gasteiger charge is 2.27. The zero-order valence-corrected chi connectivity index (χ0v) is 16.6. The average molecular weight is 385 g/mol. The van der Waals surface area contributed by atoms with Gasteiger partial charge in [-0.2, -0.15) is 5.10 Å². The Hall–Kier alpha value is -3.41. The van der Waals surface area contributed by atoms with Crippen LogP contribution in [0.15, 0.2) is 48.8 Å². The van der Waals surface area contributed by atoms with Crippen LogP contribution in [0.3, 0.4) is 0 Å². The van der Waals surface area contributed by atoms with Crippen molar-refractivity contribution < 1.29 is 4.79 Å². The van der Waals surface area contributed by atoms with Gasteiger partial charge in [-0.3, -0.25) is 9.89 Å². The molecule has 0 saturated heterocycles. The summed E-state index contributed by atoms with van der Waals surface area (Å²) in [6.07, 6.45) is 5.59. The van der Waals surface area contributed by atoms with Crippen LogP contribution in [0.25, 0.3) is 16.9 Å². The van der Waals surface area contributed by atoms with Gasteiger partial charge in [-0.1, -0.05) is 37.3 Å². The highest BCUT2D eigenvalue weighted by molar-refractivity contribution is 5.93. The summed E-state index contributed by atoms with van der Waals surface area (Å²) in [6, 6.07) is 12.4. The van der Waals surface area contributed by atoms with E-state index in [2.05, 4.69) is 46.4 Å². The molecule has 0 radical (unpaired) electrons. The molecular formula is C23H23N5O. The highest BCUT2D eigenvalue weighted by atomic mass is 16.2. The molecule has 0 aliphatic carbocycles. The van der Waals surface area contributed by atoms with Gasteiger partial charge in [0.15, 0.2) is 0 Å². The molecule has 0 unspecified atom stereocenters. The first-order valence-corrected chi connectivity index (χ1v) is 10.0. The van der Waals surface area contributed by atoms with Crippen molar-refractivity contribution in [1.82, 2.24) is 24.5 Å². The number of nitrogens with one attached hydrogen (secondary N) is 1. The van der Waals surface area contributed by atoms with Gasteiger partial charge >= 0.3 is 0 Å². The second-order valence-electron chi connectivity index (χ2n) is 7.65. The van der Waals surface area contributed by atoms with E-state index < -0.39 is 0 Å². The number of aromatic nitrogens is 4. The molecule has 4 aromatic rings. The van der Waals surface area contributed by atoms with Gasteiger partial charge in [-0.05, 0) is 30.5 Å². The molecule has 5 rings (SSSR count). The molecule has 3 aromatic heterocycles. The Bertz CT molecular complexity index is 1200. The Morgan fingerprint density at radius 3 is 2.76 bits per heavy atom. The number of amides is 1. The zero-order chi connectivity index (χ0) is 20.0. The first kappa shape index (κ1) is 17.7. The van der Waals surface area contributed by atoms with Crippen molar-refractivity contribution in [2.24, 2.45) is 0 Å².